The summed E-state index contributed by atoms with van der Waals surface area (Å²) in [5.41, 5.74) is 6.42. The number of benzene rings is 4. The van der Waals surface area contributed by atoms with Crippen LogP contribution in [-0.4, -0.2) is 23.3 Å². The maximum Gasteiger partial charge on any atom is 0.365 e. The summed E-state index contributed by atoms with van der Waals surface area (Å²) >= 11 is 7.56. The Morgan fingerprint density at radius 1 is 0.846 bits per heavy atom. The fraction of sp³-hybridized carbons (Fsp3) is 0.129. The second-order valence-electron chi connectivity index (χ2n) is 9.13. The molecule has 4 aromatic rings. The largest absolute Gasteiger partial charge is 0.461 e. The average Bonchev–Trinajstić information content (AvgIpc) is 3.36. The number of carbonyl (C=O) groups is 1. The van der Waals surface area contributed by atoms with Crippen molar-refractivity contribution in [1.82, 2.24) is 0 Å². The van der Waals surface area contributed by atoms with Gasteiger partial charge in [-0.1, -0.05) is 83.9 Å². The molecule has 0 aliphatic carbocycles. The van der Waals surface area contributed by atoms with Gasteiger partial charge in [-0.05, 0) is 62.0 Å². The van der Waals surface area contributed by atoms with Gasteiger partial charge in [-0.3, -0.25) is 0 Å². The van der Waals surface area contributed by atoms with Gasteiger partial charge in [-0.25, -0.2) is 14.8 Å². The number of aryl methyl sites for hydroxylation is 1. The van der Waals surface area contributed by atoms with Crippen LogP contribution in [0.3, 0.4) is 0 Å². The Bertz CT molecular complexity index is 1590. The molecule has 2 aliphatic rings. The Kier molecular flexibility index (Phi) is 6.62. The topological polar surface area (TPSA) is 57.5 Å². The number of hydrogen-bond donors (Lipinski definition) is 0. The third-order valence-electron chi connectivity index (χ3n) is 6.58. The quantitative estimate of drug-likeness (QED) is 0.246. The van der Waals surface area contributed by atoms with Crippen LogP contribution in [0.25, 0.3) is 0 Å². The van der Waals surface area contributed by atoms with Crippen LogP contribution < -0.4 is 10.0 Å². The van der Waals surface area contributed by atoms with Crippen molar-refractivity contribution in [1.29, 1.82) is 0 Å². The number of thioether (sulfide) groups is 1. The molecule has 6 nitrogen and oxygen atoms in total. The lowest BCUT2D eigenvalue weighted by atomic mass is 9.93. The highest BCUT2D eigenvalue weighted by Crippen LogP contribution is 2.55. The number of carbonyl (C=O) groups excluding carboxylic acids is 1. The molecular formula is C31H25ClN4O2S. The molecule has 39 heavy (non-hydrogen) atoms. The van der Waals surface area contributed by atoms with E-state index in [0.29, 0.717) is 5.02 Å². The highest BCUT2D eigenvalue weighted by Gasteiger charge is 2.56. The molecule has 0 saturated carbocycles. The summed E-state index contributed by atoms with van der Waals surface area (Å²) in [5, 5.41) is 14.9. The molecule has 0 saturated heterocycles. The minimum Gasteiger partial charge on any atom is -0.461 e. The fourth-order valence-corrected chi connectivity index (χ4v) is 6.20. The molecule has 2 heterocycles. The number of hydrogen-bond acceptors (Lipinski definition) is 7. The number of anilines is 2. The van der Waals surface area contributed by atoms with E-state index < -0.39 is 11.0 Å². The average molecular weight is 553 g/mol. The summed E-state index contributed by atoms with van der Waals surface area (Å²) in [6, 6.07) is 33.9. The second-order valence-corrected chi connectivity index (χ2v) is 10.7. The number of fused-ring (bicyclic) bond motifs is 2. The molecule has 0 bridgehead atoms. The van der Waals surface area contributed by atoms with Crippen molar-refractivity contribution in [2.75, 3.05) is 16.6 Å². The van der Waals surface area contributed by atoms with Gasteiger partial charge in [0.15, 0.2) is 0 Å². The first-order valence-corrected chi connectivity index (χ1v) is 13.8. The van der Waals surface area contributed by atoms with Crippen molar-refractivity contribution in [2.24, 2.45) is 10.2 Å². The van der Waals surface area contributed by atoms with E-state index in [1.807, 2.05) is 108 Å². The van der Waals surface area contributed by atoms with Crippen LogP contribution in [-0.2, 0) is 14.5 Å². The molecule has 194 valence electrons. The highest BCUT2D eigenvalue weighted by molar-refractivity contribution is 8.16. The first-order chi connectivity index (χ1) is 19.0. The van der Waals surface area contributed by atoms with Crippen molar-refractivity contribution in [3.63, 3.8) is 0 Å². The van der Waals surface area contributed by atoms with Gasteiger partial charge in [0, 0.05) is 21.7 Å². The number of ether oxygens (including phenoxy) is 1. The van der Waals surface area contributed by atoms with Gasteiger partial charge in [0.25, 0.3) is 0 Å². The van der Waals surface area contributed by atoms with E-state index in [-0.39, 0.29) is 11.7 Å². The van der Waals surface area contributed by atoms with Crippen LogP contribution in [0.15, 0.2) is 113 Å². The zero-order valence-corrected chi connectivity index (χ0v) is 23.0. The lowest BCUT2D eigenvalue weighted by Crippen LogP contribution is -2.54. The minimum atomic E-state index is -1.04. The number of para-hydroxylation sites is 1. The van der Waals surface area contributed by atoms with Gasteiger partial charge in [-0.15, -0.1) is 0 Å². The Hall–Kier alpha value is -4.07. The smallest absolute Gasteiger partial charge is 0.365 e. The molecule has 0 fully saturated rings. The molecule has 8 heteroatoms. The molecule has 0 unspecified atom stereocenters. The van der Waals surface area contributed by atoms with E-state index >= 15 is 0 Å². The standard InChI is InChI=1S/C31H25ClN4O2S/c1-3-38-30(37)29-34-36(25-19-13-21(2)14-20-25)31(39-29)27-12-8-7-11-26(27)28(22-15-17-23(32)18-16-22)33-35(31)24-9-5-4-6-10-24/h4-20H,3H2,1-2H3/t31-/m1/s1. The van der Waals surface area contributed by atoms with Crippen molar-refractivity contribution in [3.8, 4) is 0 Å². The highest BCUT2D eigenvalue weighted by atomic mass is 35.5. The molecular weight excluding hydrogens is 528 g/mol. The lowest BCUT2D eigenvalue weighted by Gasteiger charge is -2.47. The van der Waals surface area contributed by atoms with Gasteiger partial charge in [-0.2, -0.15) is 10.2 Å². The van der Waals surface area contributed by atoms with E-state index in [1.54, 1.807) is 6.92 Å². The summed E-state index contributed by atoms with van der Waals surface area (Å²) < 4.78 is 5.41. The van der Waals surface area contributed by atoms with Crippen LogP contribution in [0.2, 0.25) is 5.02 Å². The van der Waals surface area contributed by atoms with Gasteiger partial charge in [0.2, 0.25) is 10.0 Å². The lowest BCUT2D eigenvalue weighted by molar-refractivity contribution is -0.134. The number of nitrogens with zero attached hydrogens (tertiary/aromatic N) is 4. The molecule has 0 aromatic heterocycles. The predicted molar refractivity (Wildman–Crippen MR) is 159 cm³/mol. The Morgan fingerprint density at radius 2 is 1.49 bits per heavy atom. The van der Waals surface area contributed by atoms with Crippen LogP contribution in [0.5, 0.6) is 0 Å². The SMILES string of the molecule is CCOC(=O)C1=NN(c2ccc(C)cc2)[C@@]2(S1)c1ccccc1C(c1ccc(Cl)cc1)=NN2c1ccccc1. The fourth-order valence-electron chi connectivity index (χ4n) is 4.79. The molecule has 0 amide bonds. The van der Waals surface area contributed by atoms with Crippen LogP contribution in [0.1, 0.15) is 29.2 Å². The zero-order chi connectivity index (χ0) is 27.0. The van der Waals surface area contributed by atoms with E-state index in [4.69, 9.17) is 26.5 Å². The Labute approximate surface area is 236 Å². The maximum absolute atomic E-state index is 13.1. The van der Waals surface area contributed by atoms with Crippen LogP contribution in [0.4, 0.5) is 11.4 Å². The molecule has 0 radical (unpaired) electrons. The molecule has 1 atom stereocenters. The molecule has 1 spiro atoms. The Morgan fingerprint density at radius 3 is 2.21 bits per heavy atom. The Balaban J connectivity index is 1.64. The monoisotopic (exact) mass is 552 g/mol. The number of rotatable bonds is 5. The normalized spacial score (nSPS) is 18.0. The third kappa shape index (κ3) is 4.37. The van der Waals surface area contributed by atoms with Gasteiger partial charge in [0.05, 0.1) is 23.7 Å². The summed E-state index contributed by atoms with van der Waals surface area (Å²) in [4.78, 5) is 12.1. The number of hydrazone groups is 2. The van der Waals surface area contributed by atoms with Gasteiger partial charge >= 0.3 is 5.97 Å². The van der Waals surface area contributed by atoms with Crippen molar-refractivity contribution in [3.05, 3.63) is 130 Å². The number of halogens is 1. The summed E-state index contributed by atoms with van der Waals surface area (Å²) in [6.45, 7) is 4.09. The molecule has 0 N–H and O–H groups in total. The van der Waals surface area contributed by atoms with Gasteiger partial charge in [0.1, 0.15) is 0 Å². The van der Waals surface area contributed by atoms with E-state index in [0.717, 1.165) is 39.3 Å². The molecule has 4 aromatic carbocycles. The van der Waals surface area contributed by atoms with Crippen LogP contribution in [0, 0.1) is 6.92 Å². The first kappa shape index (κ1) is 25.2. The molecule has 2 aliphatic heterocycles. The third-order valence-corrected chi connectivity index (χ3v) is 8.13. The van der Waals surface area contributed by atoms with Crippen molar-refractivity contribution < 1.29 is 9.53 Å². The van der Waals surface area contributed by atoms with Crippen molar-refractivity contribution in [2.45, 2.75) is 18.8 Å². The van der Waals surface area contributed by atoms with Gasteiger partial charge < -0.3 is 4.74 Å². The van der Waals surface area contributed by atoms with E-state index in [9.17, 15) is 4.79 Å². The van der Waals surface area contributed by atoms with E-state index in [1.165, 1.54) is 11.8 Å². The number of esters is 1. The molecule has 6 rings (SSSR count). The van der Waals surface area contributed by atoms with Crippen LogP contribution >= 0.6 is 23.4 Å². The second kappa shape index (κ2) is 10.2. The summed E-state index contributed by atoms with van der Waals surface area (Å²) in [6.07, 6.45) is 0. The zero-order valence-electron chi connectivity index (χ0n) is 21.4. The predicted octanol–water partition coefficient (Wildman–Crippen LogP) is 7.16. The van der Waals surface area contributed by atoms with E-state index in [2.05, 4.69) is 12.1 Å². The maximum atomic E-state index is 13.1. The minimum absolute atomic E-state index is 0.258. The summed E-state index contributed by atoms with van der Waals surface area (Å²) in [7, 11) is 0. The first-order valence-electron chi connectivity index (χ1n) is 12.6. The van der Waals surface area contributed by atoms with Crippen molar-refractivity contribution >= 4 is 51.5 Å². The summed E-state index contributed by atoms with van der Waals surface area (Å²) in [5.74, 6) is -0.463.